The van der Waals surface area contributed by atoms with Gasteiger partial charge in [0.1, 0.15) is 11.1 Å². The Morgan fingerprint density at radius 1 is 1.23 bits per heavy atom. The van der Waals surface area contributed by atoms with Crippen LogP contribution in [0.25, 0.3) is 0 Å². The summed E-state index contributed by atoms with van der Waals surface area (Å²) in [4.78, 5) is 23.9. The van der Waals surface area contributed by atoms with Crippen LogP contribution in [0.3, 0.4) is 0 Å². The molecule has 0 spiro atoms. The normalized spacial score (nSPS) is 14.0. The predicted molar refractivity (Wildman–Crippen MR) is 86.1 cm³/mol. The SMILES string of the molecule is [CH2]CC(N)(C(=O)CCNC(=O)OC(C)(C)C)c1ccccc1. The molecule has 1 radical (unpaired) electrons. The number of carbonyl (C=O) groups excluding carboxylic acids is 2. The molecule has 1 aromatic carbocycles. The van der Waals surface area contributed by atoms with E-state index in [4.69, 9.17) is 10.5 Å². The quantitative estimate of drug-likeness (QED) is 0.846. The highest BCUT2D eigenvalue weighted by atomic mass is 16.6. The van der Waals surface area contributed by atoms with E-state index in [9.17, 15) is 9.59 Å². The highest BCUT2D eigenvalue weighted by molar-refractivity contribution is 5.89. The second-order valence-electron chi connectivity index (χ2n) is 6.19. The van der Waals surface area contributed by atoms with Crippen molar-refractivity contribution in [3.05, 3.63) is 42.8 Å². The van der Waals surface area contributed by atoms with Gasteiger partial charge in [0, 0.05) is 13.0 Å². The largest absolute Gasteiger partial charge is 0.444 e. The van der Waals surface area contributed by atoms with Crippen molar-refractivity contribution in [2.75, 3.05) is 6.54 Å². The third kappa shape index (κ3) is 5.15. The van der Waals surface area contributed by atoms with Crippen molar-refractivity contribution in [1.82, 2.24) is 5.32 Å². The second-order valence-corrected chi connectivity index (χ2v) is 6.19. The maximum atomic E-state index is 12.4. The van der Waals surface area contributed by atoms with Gasteiger partial charge in [-0.25, -0.2) is 4.79 Å². The Balaban J connectivity index is 2.58. The second kappa shape index (κ2) is 7.40. The summed E-state index contributed by atoms with van der Waals surface area (Å²) in [5, 5.41) is 2.56. The Bertz CT molecular complexity index is 508. The molecular weight excluding hydrogens is 280 g/mol. The lowest BCUT2D eigenvalue weighted by molar-refractivity contribution is -0.124. The van der Waals surface area contributed by atoms with Gasteiger partial charge in [-0.15, -0.1) is 0 Å². The van der Waals surface area contributed by atoms with E-state index in [1.54, 1.807) is 20.8 Å². The van der Waals surface area contributed by atoms with Crippen LogP contribution in [0.2, 0.25) is 0 Å². The van der Waals surface area contributed by atoms with E-state index in [2.05, 4.69) is 12.2 Å². The summed E-state index contributed by atoms with van der Waals surface area (Å²) < 4.78 is 5.11. The number of amides is 1. The number of carbonyl (C=O) groups is 2. The van der Waals surface area contributed by atoms with Gasteiger partial charge in [-0.2, -0.15) is 0 Å². The van der Waals surface area contributed by atoms with Gasteiger partial charge in [-0.05, 0) is 32.8 Å². The Hall–Kier alpha value is -1.88. The van der Waals surface area contributed by atoms with Gasteiger partial charge in [-0.3, -0.25) is 4.79 Å². The number of nitrogens with two attached hydrogens (primary N) is 1. The van der Waals surface area contributed by atoms with E-state index in [1.165, 1.54) is 0 Å². The summed E-state index contributed by atoms with van der Waals surface area (Å²) in [5.41, 5.74) is 5.26. The van der Waals surface area contributed by atoms with E-state index in [0.717, 1.165) is 5.56 Å². The Morgan fingerprint density at radius 3 is 2.32 bits per heavy atom. The molecule has 0 saturated heterocycles. The lowest BCUT2D eigenvalue weighted by Gasteiger charge is -2.27. The van der Waals surface area contributed by atoms with Crippen molar-refractivity contribution in [3.8, 4) is 0 Å². The molecular formula is C17H25N2O3. The molecule has 121 valence electrons. The van der Waals surface area contributed by atoms with Crippen LogP contribution in [0.4, 0.5) is 4.79 Å². The molecule has 0 saturated carbocycles. The zero-order valence-electron chi connectivity index (χ0n) is 13.5. The van der Waals surface area contributed by atoms with Crippen LogP contribution in [0, 0.1) is 6.92 Å². The standard InChI is InChI=1S/C17H25N2O3/c1-5-17(18,13-9-7-6-8-10-13)14(20)11-12-19-15(21)22-16(2,3)4/h6-10H,1,5,11-12,18H2,2-4H3,(H,19,21). The first-order valence-corrected chi connectivity index (χ1v) is 7.33. The molecule has 5 heteroatoms. The minimum Gasteiger partial charge on any atom is -0.444 e. The third-order valence-electron chi connectivity index (χ3n) is 3.20. The number of hydrogen-bond donors (Lipinski definition) is 2. The van der Waals surface area contributed by atoms with Crippen LogP contribution in [0.1, 0.15) is 39.2 Å². The highest BCUT2D eigenvalue weighted by Crippen LogP contribution is 2.24. The van der Waals surface area contributed by atoms with Gasteiger partial charge in [0.15, 0.2) is 5.78 Å². The number of alkyl carbamates (subject to hydrolysis) is 1. The van der Waals surface area contributed by atoms with Crippen molar-refractivity contribution in [2.24, 2.45) is 5.73 Å². The summed E-state index contributed by atoms with van der Waals surface area (Å²) in [5.74, 6) is -0.162. The Morgan fingerprint density at radius 2 is 1.82 bits per heavy atom. The van der Waals surface area contributed by atoms with Crippen molar-refractivity contribution in [1.29, 1.82) is 0 Å². The first kappa shape index (κ1) is 18.2. The molecule has 1 aromatic rings. The highest BCUT2D eigenvalue weighted by Gasteiger charge is 2.33. The van der Waals surface area contributed by atoms with E-state index < -0.39 is 17.2 Å². The van der Waals surface area contributed by atoms with Crippen molar-refractivity contribution < 1.29 is 14.3 Å². The Kier molecular flexibility index (Phi) is 6.11. The number of hydrogen-bond acceptors (Lipinski definition) is 4. The lowest BCUT2D eigenvalue weighted by atomic mass is 9.83. The van der Waals surface area contributed by atoms with Gasteiger partial charge >= 0.3 is 6.09 Å². The summed E-state index contributed by atoms with van der Waals surface area (Å²) in [6.45, 7) is 9.30. The van der Waals surface area contributed by atoms with Crippen LogP contribution in [0.5, 0.6) is 0 Å². The monoisotopic (exact) mass is 305 g/mol. The number of rotatable bonds is 6. The maximum absolute atomic E-state index is 12.4. The van der Waals surface area contributed by atoms with Gasteiger partial charge in [0.05, 0.1) is 0 Å². The fourth-order valence-corrected chi connectivity index (χ4v) is 2.00. The number of Topliss-reactive ketones (excluding diaryl/α,β-unsaturated/α-hetero) is 1. The summed E-state index contributed by atoms with van der Waals surface area (Å²) in [7, 11) is 0. The molecule has 1 rings (SSSR count). The van der Waals surface area contributed by atoms with Gasteiger partial charge < -0.3 is 15.8 Å². The predicted octanol–water partition coefficient (Wildman–Crippen LogP) is 2.55. The molecule has 22 heavy (non-hydrogen) atoms. The fraction of sp³-hybridized carbons (Fsp3) is 0.471. The molecule has 0 aliphatic rings. The summed E-state index contributed by atoms with van der Waals surface area (Å²) in [6, 6.07) is 9.15. The fourth-order valence-electron chi connectivity index (χ4n) is 2.00. The first-order chi connectivity index (χ1) is 10.2. The molecule has 1 amide bonds. The summed E-state index contributed by atoms with van der Waals surface area (Å²) >= 11 is 0. The third-order valence-corrected chi connectivity index (χ3v) is 3.20. The van der Waals surface area contributed by atoms with Crippen LogP contribution in [-0.2, 0) is 15.1 Å². The average molecular weight is 305 g/mol. The van der Waals surface area contributed by atoms with E-state index in [-0.39, 0.29) is 25.2 Å². The van der Waals surface area contributed by atoms with Crippen LogP contribution < -0.4 is 11.1 Å². The van der Waals surface area contributed by atoms with Crippen molar-refractivity contribution >= 4 is 11.9 Å². The number of ether oxygens (including phenoxy) is 1. The topological polar surface area (TPSA) is 81.4 Å². The van der Waals surface area contributed by atoms with Crippen LogP contribution in [-0.4, -0.2) is 24.0 Å². The number of ketones is 1. The van der Waals surface area contributed by atoms with Crippen molar-refractivity contribution in [2.45, 2.75) is 44.8 Å². The van der Waals surface area contributed by atoms with Crippen LogP contribution >= 0.6 is 0 Å². The van der Waals surface area contributed by atoms with E-state index >= 15 is 0 Å². The lowest BCUT2D eigenvalue weighted by Crippen LogP contribution is -2.45. The molecule has 0 heterocycles. The van der Waals surface area contributed by atoms with Gasteiger partial charge in [-0.1, -0.05) is 37.3 Å². The maximum Gasteiger partial charge on any atom is 0.407 e. The molecule has 3 N–H and O–H groups in total. The molecule has 1 atom stereocenters. The molecule has 0 aliphatic heterocycles. The average Bonchev–Trinajstić information content (AvgIpc) is 2.45. The van der Waals surface area contributed by atoms with E-state index in [1.807, 2.05) is 30.3 Å². The minimum absolute atomic E-state index is 0.125. The molecule has 0 aliphatic carbocycles. The molecule has 0 bridgehead atoms. The first-order valence-electron chi connectivity index (χ1n) is 7.33. The van der Waals surface area contributed by atoms with Crippen molar-refractivity contribution in [3.63, 3.8) is 0 Å². The zero-order valence-corrected chi connectivity index (χ0v) is 13.5. The van der Waals surface area contributed by atoms with Gasteiger partial charge in [0.25, 0.3) is 0 Å². The number of benzene rings is 1. The number of nitrogens with one attached hydrogen (secondary N) is 1. The molecule has 5 nitrogen and oxygen atoms in total. The zero-order chi connectivity index (χ0) is 16.8. The molecule has 0 aromatic heterocycles. The summed E-state index contributed by atoms with van der Waals surface area (Å²) in [6.07, 6.45) is -0.167. The van der Waals surface area contributed by atoms with Crippen LogP contribution in [0.15, 0.2) is 30.3 Å². The minimum atomic E-state index is -1.13. The molecule has 0 fully saturated rings. The van der Waals surface area contributed by atoms with E-state index in [0.29, 0.717) is 0 Å². The Labute approximate surface area is 132 Å². The molecule has 1 unspecified atom stereocenters. The van der Waals surface area contributed by atoms with Gasteiger partial charge in [0.2, 0.25) is 0 Å². The smallest absolute Gasteiger partial charge is 0.407 e.